The average Bonchev–Trinajstić information content (AvgIpc) is 1.60. The second-order valence-corrected chi connectivity index (χ2v) is 11.9. The van der Waals surface area contributed by atoms with E-state index >= 15 is 0 Å². The lowest BCUT2D eigenvalue weighted by Crippen LogP contribution is -2.40. The van der Waals surface area contributed by atoms with Gasteiger partial charge in [0, 0.05) is 0 Å². The van der Waals surface area contributed by atoms with Crippen molar-refractivity contribution in [2.45, 2.75) is 25.6 Å². The van der Waals surface area contributed by atoms with Crippen molar-refractivity contribution in [3.8, 4) is 0 Å². The molecule has 54 valence electrons. The zero-order valence-corrected chi connectivity index (χ0v) is 8.55. The Morgan fingerprint density at radius 2 is 2.00 bits per heavy atom. The van der Waals surface area contributed by atoms with E-state index in [0.717, 1.165) is 10.9 Å². The molecule has 1 atom stereocenters. The molecule has 1 rings (SSSR count). The first-order chi connectivity index (χ1) is 4.10. The molecular weight excluding hydrogens is 144 g/mol. The Labute approximate surface area is 62.4 Å². The molecule has 0 aliphatic carbocycles. The summed E-state index contributed by atoms with van der Waals surface area (Å²) < 4.78 is 0. The van der Waals surface area contributed by atoms with Gasteiger partial charge in [-0.3, -0.25) is 0 Å². The third-order valence-electron chi connectivity index (χ3n) is 1.98. The van der Waals surface area contributed by atoms with Crippen LogP contribution in [0.15, 0.2) is 0 Å². The summed E-state index contributed by atoms with van der Waals surface area (Å²) in [6, 6.07) is 1.59. The molecule has 1 aliphatic rings. The highest BCUT2D eigenvalue weighted by molar-refractivity contribution is 7.97. The van der Waals surface area contributed by atoms with Gasteiger partial charge in [-0.05, 0) is 23.4 Å². The lowest BCUT2D eigenvalue weighted by atomic mass is 10.6. The first kappa shape index (κ1) is 7.67. The molecule has 0 aromatic carbocycles. The van der Waals surface area contributed by atoms with Crippen LogP contribution in [0.5, 0.6) is 0 Å². The van der Waals surface area contributed by atoms with Crippen LogP contribution < -0.4 is 0 Å². The number of hydrogen-bond acceptors (Lipinski definition) is 0. The highest BCUT2D eigenvalue weighted by atomic mass is 32.2. The topological polar surface area (TPSA) is 0 Å². The van der Waals surface area contributed by atoms with Gasteiger partial charge in [0.05, 0.1) is 11.6 Å². The molecule has 0 saturated carbocycles. The zero-order chi connectivity index (χ0) is 6.91. The molecule has 0 N–H and O–H groups in total. The molecule has 0 radical (unpaired) electrons. The molecule has 0 aromatic heterocycles. The Morgan fingerprint density at radius 1 is 1.33 bits per heavy atom. The van der Waals surface area contributed by atoms with Crippen molar-refractivity contribution in [2.75, 3.05) is 17.4 Å². The van der Waals surface area contributed by atoms with Gasteiger partial charge in [0.15, 0.2) is 0 Å². The highest BCUT2D eigenvalue weighted by Crippen LogP contribution is 2.21. The lowest BCUT2D eigenvalue weighted by molar-refractivity contribution is 1.04. The third-order valence-corrected chi connectivity index (χ3v) is 9.77. The van der Waals surface area contributed by atoms with E-state index in [1.807, 2.05) is 0 Å². The molecule has 1 heterocycles. The van der Waals surface area contributed by atoms with Gasteiger partial charge in [0.1, 0.15) is 13.8 Å². The summed E-state index contributed by atoms with van der Waals surface area (Å²) in [7, 11) is 0.161. The Kier molecular flexibility index (Phi) is 2.27. The SMILES string of the molecule is C[S+]1CCC[Si](C)(C)C1. The van der Waals surface area contributed by atoms with Crippen LogP contribution in [-0.2, 0) is 10.9 Å². The van der Waals surface area contributed by atoms with Crippen molar-refractivity contribution < 1.29 is 0 Å². The molecule has 0 bridgehead atoms. The predicted octanol–water partition coefficient (Wildman–Crippen LogP) is 1.89. The highest BCUT2D eigenvalue weighted by Gasteiger charge is 2.33. The summed E-state index contributed by atoms with van der Waals surface area (Å²) in [5, 5.41) is 1.60. The van der Waals surface area contributed by atoms with Crippen molar-refractivity contribution in [3.63, 3.8) is 0 Å². The summed E-state index contributed by atoms with van der Waals surface area (Å²) in [5.74, 6) is 1.52. The molecule has 2 heteroatoms. The van der Waals surface area contributed by atoms with Crippen LogP contribution in [0.1, 0.15) is 6.42 Å². The minimum atomic E-state index is -0.641. The molecule has 0 aromatic rings. The fourth-order valence-corrected chi connectivity index (χ4v) is 10.1. The second-order valence-electron chi connectivity index (χ2n) is 3.90. The van der Waals surface area contributed by atoms with Gasteiger partial charge in [-0.25, -0.2) is 0 Å². The van der Waals surface area contributed by atoms with Gasteiger partial charge in [0.25, 0.3) is 0 Å². The molecular formula is C7H17SSi+. The van der Waals surface area contributed by atoms with E-state index in [9.17, 15) is 0 Å². The molecule has 1 saturated heterocycles. The minimum absolute atomic E-state index is 0.641. The van der Waals surface area contributed by atoms with Gasteiger partial charge >= 0.3 is 0 Å². The zero-order valence-electron chi connectivity index (χ0n) is 6.74. The van der Waals surface area contributed by atoms with Crippen LogP contribution in [0.2, 0.25) is 19.1 Å². The number of rotatable bonds is 0. The molecule has 9 heavy (non-hydrogen) atoms. The van der Waals surface area contributed by atoms with Crippen LogP contribution in [0.25, 0.3) is 0 Å². The van der Waals surface area contributed by atoms with Crippen LogP contribution in [-0.4, -0.2) is 25.5 Å². The maximum absolute atomic E-state index is 2.54. The quantitative estimate of drug-likeness (QED) is 0.376. The Hall–Kier alpha value is 0.567. The molecule has 1 fully saturated rings. The van der Waals surface area contributed by atoms with E-state index in [1.54, 1.807) is 11.4 Å². The summed E-state index contributed by atoms with van der Waals surface area (Å²) in [6.07, 6.45) is 3.97. The molecule has 1 aliphatic heterocycles. The van der Waals surface area contributed by atoms with Crippen molar-refractivity contribution in [3.05, 3.63) is 0 Å². The Bertz CT molecular complexity index is 101. The van der Waals surface area contributed by atoms with Crippen molar-refractivity contribution in [1.82, 2.24) is 0 Å². The standard InChI is InChI=1S/C7H17SSi/c1-8-5-4-6-9(2,3)7-8/h4-7H2,1-3H3/q+1. The maximum Gasteiger partial charge on any atom is 0.107 e. The largest absolute Gasteiger partial charge is 0.107 e. The van der Waals surface area contributed by atoms with E-state index in [1.165, 1.54) is 12.2 Å². The third kappa shape index (κ3) is 2.34. The molecule has 0 spiro atoms. The average molecular weight is 161 g/mol. The Morgan fingerprint density at radius 3 is 2.33 bits per heavy atom. The van der Waals surface area contributed by atoms with Gasteiger partial charge < -0.3 is 0 Å². The summed E-state index contributed by atoms with van der Waals surface area (Å²) in [4.78, 5) is 0. The van der Waals surface area contributed by atoms with Gasteiger partial charge in [-0.15, -0.1) is 0 Å². The van der Waals surface area contributed by atoms with Gasteiger partial charge in [0.2, 0.25) is 0 Å². The minimum Gasteiger partial charge on any atom is -0.0651 e. The van der Waals surface area contributed by atoms with Gasteiger partial charge in [-0.1, -0.05) is 13.1 Å². The normalized spacial score (nSPS) is 34.3. The molecule has 0 nitrogen and oxygen atoms in total. The van der Waals surface area contributed by atoms with E-state index < -0.39 is 8.07 Å². The van der Waals surface area contributed by atoms with Crippen molar-refractivity contribution >= 4 is 19.0 Å². The van der Waals surface area contributed by atoms with E-state index in [4.69, 9.17) is 0 Å². The van der Waals surface area contributed by atoms with E-state index in [2.05, 4.69) is 19.3 Å². The van der Waals surface area contributed by atoms with Crippen LogP contribution >= 0.6 is 0 Å². The Balaban J connectivity index is 2.41. The van der Waals surface area contributed by atoms with Crippen molar-refractivity contribution in [1.29, 1.82) is 0 Å². The van der Waals surface area contributed by atoms with Crippen LogP contribution in [0, 0.1) is 0 Å². The summed E-state index contributed by atoms with van der Waals surface area (Å²) in [6.45, 7) is 5.07. The first-order valence-corrected chi connectivity index (χ1v) is 9.08. The second kappa shape index (κ2) is 2.66. The number of hydrogen-bond donors (Lipinski definition) is 0. The molecule has 1 unspecified atom stereocenters. The monoisotopic (exact) mass is 161 g/mol. The van der Waals surface area contributed by atoms with Gasteiger partial charge in [-0.2, -0.15) is 0 Å². The smallest absolute Gasteiger partial charge is 0.0651 e. The predicted molar refractivity (Wildman–Crippen MR) is 49.9 cm³/mol. The fourth-order valence-electron chi connectivity index (χ4n) is 1.61. The van der Waals surface area contributed by atoms with Crippen LogP contribution in [0.4, 0.5) is 0 Å². The molecule has 0 amide bonds. The van der Waals surface area contributed by atoms with Crippen molar-refractivity contribution in [2.24, 2.45) is 0 Å². The van der Waals surface area contributed by atoms with E-state index in [-0.39, 0.29) is 0 Å². The first-order valence-electron chi connectivity index (χ1n) is 3.69. The fraction of sp³-hybridized carbons (Fsp3) is 1.00. The summed E-state index contributed by atoms with van der Waals surface area (Å²) >= 11 is 0. The maximum atomic E-state index is 2.54. The summed E-state index contributed by atoms with van der Waals surface area (Å²) in [5.41, 5.74) is 0. The lowest BCUT2D eigenvalue weighted by Gasteiger charge is -2.24. The van der Waals surface area contributed by atoms with E-state index in [0.29, 0.717) is 0 Å². The van der Waals surface area contributed by atoms with Crippen LogP contribution in [0.3, 0.4) is 0 Å².